The van der Waals surface area contributed by atoms with E-state index in [1.807, 2.05) is 0 Å². The molecule has 2 aromatic rings. The highest BCUT2D eigenvalue weighted by Gasteiger charge is 2.10. The molecule has 26 heavy (non-hydrogen) atoms. The first kappa shape index (κ1) is 19.4. The maximum absolute atomic E-state index is 12.1. The molecule has 2 N–H and O–H groups in total. The van der Waals surface area contributed by atoms with Crippen LogP contribution in [0, 0.1) is 0 Å². The van der Waals surface area contributed by atoms with Crippen LogP contribution in [-0.2, 0) is 9.53 Å². The highest BCUT2D eigenvalue weighted by molar-refractivity contribution is 6.04. The number of carbonyl (C=O) groups is 2. The molecule has 1 aromatic carbocycles. The number of aliphatic hydroxyl groups excluding tert-OH is 1. The van der Waals surface area contributed by atoms with Crippen LogP contribution in [0.3, 0.4) is 0 Å². The van der Waals surface area contributed by atoms with Gasteiger partial charge < -0.3 is 19.9 Å². The number of aromatic nitrogens is 1. The molecule has 0 aliphatic rings. The summed E-state index contributed by atoms with van der Waals surface area (Å²) in [6.45, 7) is 2.12. The van der Waals surface area contributed by atoms with Gasteiger partial charge >= 0.3 is 5.97 Å². The fraction of sp³-hybridized carbons (Fsp3) is 0.316. The third-order valence-electron chi connectivity index (χ3n) is 3.47. The van der Waals surface area contributed by atoms with Crippen molar-refractivity contribution in [3.63, 3.8) is 0 Å². The predicted molar refractivity (Wildman–Crippen MR) is 96.0 cm³/mol. The van der Waals surface area contributed by atoms with Gasteiger partial charge in [-0.2, -0.15) is 0 Å². The maximum Gasteiger partial charge on any atom is 0.305 e. The molecular formula is C19H22N2O5. The van der Waals surface area contributed by atoms with Gasteiger partial charge in [-0.3, -0.25) is 14.6 Å². The second kappa shape index (κ2) is 10.1. The molecule has 138 valence electrons. The maximum atomic E-state index is 12.1. The van der Waals surface area contributed by atoms with Gasteiger partial charge in [-0.25, -0.2) is 0 Å². The number of benzene rings is 1. The standard InChI is InChI=1S/C19H22N2O5/c1-2-25-18(23)10-7-16(22)13-26-17-8-5-14(6-9-17)19(24)21-15-4-3-11-20-12-15/h3-6,8-9,11-12,16,22H,2,7,10,13H2,1H3,(H,21,24). The summed E-state index contributed by atoms with van der Waals surface area (Å²) in [4.78, 5) is 27.3. The average Bonchev–Trinajstić information content (AvgIpc) is 2.66. The second-order valence-corrected chi connectivity index (χ2v) is 5.53. The quantitative estimate of drug-likeness (QED) is 0.668. The van der Waals surface area contributed by atoms with Crippen molar-refractivity contribution in [1.29, 1.82) is 0 Å². The lowest BCUT2D eigenvalue weighted by molar-refractivity contribution is -0.143. The van der Waals surface area contributed by atoms with Crippen molar-refractivity contribution < 1.29 is 24.2 Å². The molecule has 0 radical (unpaired) electrons. The lowest BCUT2D eigenvalue weighted by Gasteiger charge is -2.12. The van der Waals surface area contributed by atoms with Gasteiger partial charge in [-0.1, -0.05) is 0 Å². The number of hydrogen-bond acceptors (Lipinski definition) is 6. The summed E-state index contributed by atoms with van der Waals surface area (Å²) < 4.78 is 10.3. The number of anilines is 1. The fourth-order valence-electron chi connectivity index (χ4n) is 2.14. The van der Waals surface area contributed by atoms with Crippen LogP contribution in [0.5, 0.6) is 5.75 Å². The van der Waals surface area contributed by atoms with Gasteiger partial charge in [0.25, 0.3) is 5.91 Å². The van der Waals surface area contributed by atoms with E-state index in [1.165, 1.54) is 0 Å². The molecule has 1 aromatic heterocycles. The van der Waals surface area contributed by atoms with Crippen LogP contribution in [0.25, 0.3) is 0 Å². The minimum atomic E-state index is -0.770. The molecule has 1 unspecified atom stereocenters. The molecule has 7 nitrogen and oxygen atoms in total. The Morgan fingerprint density at radius 1 is 1.23 bits per heavy atom. The van der Waals surface area contributed by atoms with Crippen molar-refractivity contribution in [2.45, 2.75) is 25.9 Å². The van der Waals surface area contributed by atoms with Crippen molar-refractivity contribution in [2.75, 3.05) is 18.5 Å². The molecule has 1 heterocycles. The van der Waals surface area contributed by atoms with Crippen LogP contribution in [0.2, 0.25) is 0 Å². The van der Waals surface area contributed by atoms with Gasteiger partial charge in [-0.15, -0.1) is 0 Å². The van der Waals surface area contributed by atoms with Gasteiger partial charge in [-0.05, 0) is 49.7 Å². The smallest absolute Gasteiger partial charge is 0.305 e. The van der Waals surface area contributed by atoms with Crippen LogP contribution >= 0.6 is 0 Å². The molecule has 0 spiro atoms. The molecule has 0 saturated heterocycles. The number of ether oxygens (including phenoxy) is 2. The Hall–Kier alpha value is -2.93. The van der Waals surface area contributed by atoms with E-state index in [0.717, 1.165) is 0 Å². The molecule has 0 fully saturated rings. The number of aliphatic hydroxyl groups is 1. The van der Waals surface area contributed by atoms with E-state index in [-0.39, 0.29) is 31.3 Å². The summed E-state index contributed by atoms with van der Waals surface area (Å²) in [7, 11) is 0. The van der Waals surface area contributed by atoms with Crippen molar-refractivity contribution in [2.24, 2.45) is 0 Å². The van der Waals surface area contributed by atoms with E-state index in [4.69, 9.17) is 9.47 Å². The summed E-state index contributed by atoms with van der Waals surface area (Å²) in [6, 6.07) is 10.0. The minimum absolute atomic E-state index is 0.0562. The van der Waals surface area contributed by atoms with Gasteiger partial charge in [0.2, 0.25) is 0 Å². The third kappa shape index (κ3) is 6.52. The molecule has 7 heteroatoms. The SMILES string of the molecule is CCOC(=O)CCC(O)COc1ccc(C(=O)Nc2cccnc2)cc1. The number of carbonyl (C=O) groups excluding carboxylic acids is 2. The van der Waals surface area contributed by atoms with E-state index < -0.39 is 6.10 Å². The Balaban J connectivity index is 1.78. The van der Waals surface area contributed by atoms with Crippen LogP contribution in [-0.4, -0.2) is 41.3 Å². The first-order valence-corrected chi connectivity index (χ1v) is 8.36. The number of rotatable bonds is 9. The largest absolute Gasteiger partial charge is 0.491 e. The van der Waals surface area contributed by atoms with Gasteiger partial charge in [0.15, 0.2) is 0 Å². The number of hydrogen-bond donors (Lipinski definition) is 2. The first-order valence-electron chi connectivity index (χ1n) is 8.36. The summed E-state index contributed by atoms with van der Waals surface area (Å²) in [5.41, 5.74) is 1.09. The monoisotopic (exact) mass is 358 g/mol. The zero-order valence-corrected chi connectivity index (χ0v) is 14.6. The normalized spacial score (nSPS) is 11.5. The highest BCUT2D eigenvalue weighted by atomic mass is 16.5. The van der Waals surface area contributed by atoms with E-state index in [9.17, 15) is 14.7 Å². The van der Waals surface area contributed by atoms with Crippen LogP contribution < -0.4 is 10.1 Å². The molecular weight excluding hydrogens is 336 g/mol. The summed E-state index contributed by atoms with van der Waals surface area (Å²) in [5.74, 6) is -0.0623. The Morgan fingerprint density at radius 3 is 2.65 bits per heavy atom. The van der Waals surface area contributed by atoms with Crippen LogP contribution in [0.1, 0.15) is 30.1 Å². The Bertz CT molecular complexity index is 704. The Kier molecular flexibility index (Phi) is 7.57. The number of pyridine rings is 1. The van der Waals surface area contributed by atoms with Crippen LogP contribution in [0.15, 0.2) is 48.8 Å². The first-order chi connectivity index (χ1) is 12.6. The molecule has 2 rings (SSSR count). The van der Waals surface area contributed by atoms with Gasteiger partial charge in [0.1, 0.15) is 12.4 Å². The zero-order valence-electron chi connectivity index (χ0n) is 14.6. The van der Waals surface area contributed by atoms with E-state index in [0.29, 0.717) is 23.6 Å². The van der Waals surface area contributed by atoms with Crippen molar-refractivity contribution >= 4 is 17.6 Å². The number of esters is 1. The van der Waals surface area contributed by atoms with Crippen molar-refractivity contribution in [3.8, 4) is 5.75 Å². The predicted octanol–water partition coefficient (Wildman–Crippen LogP) is 2.42. The highest BCUT2D eigenvalue weighted by Crippen LogP contribution is 2.14. The molecule has 1 atom stereocenters. The zero-order chi connectivity index (χ0) is 18.8. The summed E-state index contributed by atoms with van der Waals surface area (Å²) in [6.07, 6.45) is 2.83. The van der Waals surface area contributed by atoms with E-state index >= 15 is 0 Å². The molecule has 0 aliphatic carbocycles. The fourth-order valence-corrected chi connectivity index (χ4v) is 2.14. The second-order valence-electron chi connectivity index (χ2n) is 5.53. The summed E-state index contributed by atoms with van der Waals surface area (Å²) >= 11 is 0. The van der Waals surface area contributed by atoms with Crippen molar-refractivity contribution in [3.05, 3.63) is 54.4 Å². The van der Waals surface area contributed by atoms with Crippen molar-refractivity contribution in [1.82, 2.24) is 4.98 Å². The minimum Gasteiger partial charge on any atom is -0.491 e. The van der Waals surface area contributed by atoms with Crippen LogP contribution in [0.4, 0.5) is 5.69 Å². The molecule has 1 amide bonds. The lowest BCUT2D eigenvalue weighted by Crippen LogP contribution is -2.19. The third-order valence-corrected chi connectivity index (χ3v) is 3.47. The van der Waals surface area contributed by atoms with Gasteiger partial charge in [0, 0.05) is 18.2 Å². The van der Waals surface area contributed by atoms with Gasteiger partial charge in [0.05, 0.1) is 24.6 Å². The topological polar surface area (TPSA) is 97.8 Å². The molecule has 0 aliphatic heterocycles. The number of amides is 1. The number of nitrogens with one attached hydrogen (secondary N) is 1. The Morgan fingerprint density at radius 2 is 2.00 bits per heavy atom. The van der Waals surface area contributed by atoms with E-state index in [1.54, 1.807) is 55.7 Å². The average molecular weight is 358 g/mol. The Labute approximate surface area is 152 Å². The number of nitrogens with zero attached hydrogens (tertiary/aromatic N) is 1. The molecule has 0 saturated carbocycles. The van der Waals surface area contributed by atoms with E-state index in [2.05, 4.69) is 10.3 Å². The lowest BCUT2D eigenvalue weighted by atomic mass is 10.2. The summed E-state index contributed by atoms with van der Waals surface area (Å²) in [5, 5.41) is 12.6. The molecule has 0 bridgehead atoms.